The van der Waals surface area contributed by atoms with Crippen molar-refractivity contribution in [2.24, 2.45) is 10.9 Å². The van der Waals surface area contributed by atoms with Gasteiger partial charge in [0.15, 0.2) is 0 Å². The summed E-state index contributed by atoms with van der Waals surface area (Å²) in [6.07, 6.45) is 3.64. The number of rotatable bonds is 2. The molecule has 0 saturated heterocycles. The highest BCUT2D eigenvalue weighted by Gasteiger charge is 2.46. The van der Waals surface area contributed by atoms with Crippen molar-refractivity contribution in [3.63, 3.8) is 0 Å². The number of hydrogen-bond acceptors (Lipinski definition) is 3. The zero-order chi connectivity index (χ0) is 19.0. The van der Waals surface area contributed by atoms with E-state index in [4.69, 9.17) is 4.74 Å². The molecule has 1 amide bonds. The first kappa shape index (κ1) is 17.9. The van der Waals surface area contributed by atoms with Crippen LogP contribution in [0.2, 0.25) is 0 Å². The number of carbonyl (C=O) groups excluding carboxylic acids is 1. The molecule has 0 fully saturated rings. The second-order valence-electron chi connectivity index (χ2n) is 6.85. The van der Waals surface area contributed by atoms with Crippen LogP contribution in [0.1, 0.15) is 35.7 Å². The highest BCUT2D eigenvalue weighted by molar-refractivity contribution is 9.10. The van der Waals surface area contributed by atoms with Crippen LogP contribution >= 0.6 is 15.9 Å². The van der Waals surface area contributed by atoms with Crippen LogP contribution in [-0.4, -0.2) is 11.9 Å². The second kappa shape index (κ2) is 6.93. The zero-order valence-electron chi connectivity index (χ0n) is 14.7. The molecule has 2 aliphatic rings. The van der Waals surface area contributed by atoms with E-state index < -0.39 is 5.54 Å². The van der Waals surface area contributed by atoms with Crippen LogP contribution in [-0.2, 0) is 10.3 Å². The number of nitrogens with zero attached hydrogens (tertiary/aromatic N) is 1. The van der Waals surface area contributed by atoms with Crippen molar-refractivity contribution in [1.29, 1.82) is 0 Å². The lowest BCUT2D eigenvalue weighted by atomic mass is 9.78. The van der Waals surface area contributed by atoms with E-state index in [-0.39, 0.29) is 23.7 Å². The Morgan fingerprint density at radius 2 is 2.07 bits per heavy atom. The van der Waals surface area contributed by atoms with E-state index in [0.29, 0.717) is 11.1 Å². The smallest absolute Gasteiger partial charge is 0.297 e. The third-order valence-electron chi connectivity index (χ3n) is 5.10. The molecule has 4 nitrogen and oxygen atoms in total. The topological polar surface area (TPSA) is 50.7 Å². The van der Waals surface area contributed by atoms with E-state index in [1.807, 2.05) is 19.1 Å². The maximum absolute atomic E-state index is 14.7. The third-order valence-corrected chi connectivity index (χ3v) is 5.59. The molecule has 0 bridgehead atoms. The lowest BCUT2D eigenvalue weighted by Gasteiger charge is -2.38. The van der Waals surface area contributed by atoms with Gasteiger partial charge >= 0.3 is 0 Å². The first-order valence-corrected chi connectivity index (χ1v) is 9.56. The number of amidine groups is 1. The molecule has 27 heavy (non-hydrogen) atoms. The maximum Gasteiger partial charge on any atom is 0.297 e. The first-order valence-electron chi connectivity index (χ1n) is 8.77. The third kappa shape index (κ3) is 3.30. The van der Waals surface area contributed by atoms with Gasteiger partial charge < -0.3 is 4.74 Å². The van der Waals surface area contributed by atoms with Crippen molar-refractivity contribution in [3.8, 4) is 0 Å². The molecule has 1 N–H and O–H groups in total. The molecular weight excluding hydrogens is 411 g/mol. The van der Waals surface area contributed by atoms with Crippen LogP contribution in [0.25, 0.3) is 0 Å². The Bertz CT molecular complexity index is 958. The summed E-state index contributed by atoms with van der Waals surface area (Å²) in [5, 5.41) is 2.72. The molecule has 6 heteroatoms. The van der Waals surface area contributed by atoms with Gasteiger partial charge in [0.1, 0.15) is 17.1 Å². The van der Waals surface area contributed by atoms with Crippen molar-refractivity contribution in [2.75, 3.05) is 0 Å². The van der Waals surface area contributed by atoms with Crippen molar-refractivity contribution in [3.05, 3.63) is 81.8 Å². The fourth-order valence-electron chi connectivity index (χ4n) is 3.72. The predicted octanol–water partition coefficient (Wildman–Crippen LogP) is 4.91. The number of benzene rings is 2. The second-order valence-corrected chi connectivity index (χ2v) is 7.76. The minimum atomic E-state index is -0.867. The molecule has 2 aromatic carbocycles. The molecule has 2 atom stereocenters. The molecule has 2 unspecified atom stereocenters. The van der Waals surface area contributed by atoms with Crippen LogP contribution in [0, 0.1) is 11.7 Å². The van der Waals surface area contributed by atoms with E-state index in [9.17, 15) is 9.18 Å². The number of allylic oxidation sites excluding steroid dienone is 1. The van der Waals surface area contributed by atoms with Gasteiger partial charge in [-0.2, -0.15) is 0 Å². The van der Waals surface area contributed by atoms with Crippen LogP contribution in [0.4, 0.5) is 4.39 Å². The Hall–Kier alpha value is -2.47. The predicted molar refractivity (Wildman–Crippen MR) is 105 cm³/mol. The Balaban J connectivity index is 1.73. The summed E-state index contributed by atoms with van der Waals surface area (Å²) in [6.45, 7) is 1.89. The number of ether oxygens (including phenoxy) is 1. The Morgan fingerprint density at radius 1 is 1.30 bits per heavy atom. The molecule has 1 aliphatic heterocycles. The zero-order valence-corrected chi connectivity index (χ0v) is 16.3. The number of carbonyl (C=O) groups is 1. The molecule has 0 aromatic heterocycles. The molecule has 0 radical (unpaired) electrons. The van der Waals surface area contributed by atoms with E-state index in [2.05, 4.69) is 26.2 Å². The van der Waals surface area contributed by atoms with Gasteiger partial charge in [0.25, 0.3) is 11.9 Å². The molecule has 2 aromatic rings. The van der Waals surface area contributed by atoms with Crippen LogP contribution in [0.5, 0.6) is 0 Å². The number of hydrogen-bond donors (Lipinski definition) is 1. The van der Waals surface area contributed by atoms with Gasteiger partial charge in [0.2, 0.25) is 0 Å². The van der Waals surface area contributed by atoms with Crippen LogP contribution < -0.4 is 5.32 Å². The van der Waals surface area contributed by atoms with Gasteiger partial charge in [0.05, 0.1) is 0 Å². The summed E-state index contributed by atoms with van der Waals surface area (Å²) in [6, 6.07) is 13.8. The monoisotopic (exact) mass is 428 g/mol. The first-order chi connectivity index (χ1) is 13.0. The quantitative estimate of drug-likeness (QED) is 0.738. The number of nitrogens with one attached hydrogen (secondary N) is 1. The molecule has 0 spiro atoms. The number of aliphatic imine (C=N–C) groups is 1. The number of fused-ring (bicyclic) bond motifs is 1. The van der Waals surface area contributed by atoms with Gasteiger partial charge in [-0.05, 0) is 56.2 Å². The maximum atomic E-state index is 14.7. The van der Waals surface area contributed by atoms with Crippen LogP contribution in [0.3, 0.4) is 0 Å². The van der Waals surface area contributed by atoms with Crippen LogP contribution in [0.15, 0.2) is 69.8 Å². The van der Waals surface area contributed by atoms with Gasteiger partial charge in [-0.3, -0.25) is 10.1 Å². The van der Waals surface area contributed by atoms with Crippen molar-refractivity contribution >= 4 is 27.9 Å². The Labute approximate surface area is 165 Å². The van der Waals surface area contributed by atoms with Gasteiger partial charge in [-0.1, -0.05) is 34.1 Å². The van der Waals surface area contributed by atoms with Gasteiger partial charge in [-0.15, -0.1) is 0 Å². The SMILES string of the molecule is CC1(c2cc(Br)ccc2F)N=C(NC(=O)c2ccccc2)OC2=CCCC21. The van der Waals surface area contributed by atoms with Gasteiger partial charge in [0, 0.05) is 21.5 Å². The van der Waals surface area contributed by atoms with Crippen molar-refractivity contribution < 1.29 is 13.9 Å². The van der Waals surface area contributed by atoms with Gasteiger partial charge in [-0.25, -0.2) is 9.38 Å². The average Bonchev–Trinajstić information content (AvgIpc) is 3.14. The summed E-state index contributed by atoms with van der Waals surface area (Å²) in [4.78, 5) is 17.2. The Morgan fingerprint density at radius 3 is 2.85 bits per heavy atom. The van der Waals surface area contributed by atoms with E-state index in [1.54, 1.807) is 36.4 Å². The van der Waals surface area contributed by atoms with Crippen molar-refractivity contribution in [1.82, 2.24) is 5.32 Å². The highest BCUT2D eigenvalue weighted by atomic mass is 79.9. The number of amides is 1. The summed E-state index contributed by atoms with van der Waals surface area (Å²) < 4.78 is 21.3. The molecule has 1 aliphatic carbocycles. The van der Waals surface area contributed by atoms with E-state index in [0.717, 1.165) is 23.1 Å². The molecule has 4 rings (SSSR count). The minimum absolute atomic E-state index is 0.0707. The summed E-state index contributed by atoms with van der Waals surface area (Å²) in [5.41, 5.74) is 0.111. The summed E-state index contributed by atoms with van der Waals surface area (Å²) in [7, 11) is 0. The average molecular weight is 429 g/mol. The fraction of sp³-hybridized carbons (Fsp3) is 0.238. The Kier molecular flexibility index (Phi) is 4.60. The lowest BCUT2D eigenvalue weighted by molar-refractivity contribution is 0.0962. The summed E-state index contributed by atoms with van der Waals surface area (Å²) >= 11 is 3.41. The lowest BCUT2D eigenvalue weighted by Crippen LogP contribution is -2.43. The normalized spacial score (nSPS) is 23.7. The summed E-state index contributed by atoms with van der Waals surface area (Å²) in [5.74, 6) is 0.0173. The van der Waals surface area contributed by atoms with Crippen molar-refractivity contribution in [2.45, 2.75) is 25.3 Å². The molecule has 0 saturated carbocycles. The largest absolute Gasteiger partial charge is 0.430 e. The number of halogens is 2. The molecule has 1 heterocycles. The van der Waals surface area contributed by atoms with E-state index in [1.165, 1.54) is 6.07 Å². The standard InChI is InChI=1S/C21H18BrFN2O2/c1-21(16-12-14(22)10-11-17(16)23)15-8-5-9-18(15)27-20(25-21)24-19(26)13-6-3-2-4-7-13/h2-4,6-7,9-12,15H,5,8H2,1H3,(H,24,25,26). The molecular formula is C21H18BrFN2O2. The molecule has 138 valence electrons. The fourth-order valence-corrected chi connectivity index (χ4v) is 4.08. The van der Waals surface area contributed by atoms with E-state index >= 15 is 0 Å². The minimum Gasteiger partial charge on any atom is -0.430 e. The highest BCUT2D eigenvalue weighted by Crippen LogP contribution is 2.47.